The summed E-state index contributed by atoms with van der Waals surface area (Å²) in [5, 5.41) is 8.46. The smallest absolute Gasteiger partial charge is 0.246 e. The van der Waals surface area contributed by atoms with Crippen molar-refractivity contribution < 1.29 is 28.6 Å². The van der Waals surface area contributed by atoms with E-state index in [2.05, 4.69) is 20.9 Å². The van der Waals surface area contributed by atoms with E-state index in [9.17, 15) is 14.4 Å². The highest BCUT2D eigenvalue weighted by molar-refractivity contribution is 5.98. The molecule has 2 aliphatic rings. The van der Waals surface area contributed by atoms with Gasteiger partial charge in [-0.15, -0.1) is 0 Å². The first kappa shape index (κ1) is 34.2. The Bertz CT molecular complexity index is 1710. The van der Waals surface area contributed by atoms with Crippen LogP contribution in [-0.4, -0.2) is 56.0 Å². The number of carbonyl (C=O) groups is 3. The van der Waals surface area contributed by atoms with Crippen LogP contribution in [-0.2, 0) is 36.1 Å². The Labute approximate surface area is 279 Å². The number of aliphatic imine (C=N–C) groups is 1. The van der Waals surface area contributed by atoms with Crippen LogP contribution in [0.2, 0.25) is 0 Å². The zero-order valence-electron chi connectivity index (χ0n) is 27.4. The van der Waals surface area contributed by atoms with Crippen LogP contribution in [0.3, 0.4) is 0 Å². The van der Waals surface area contributed by atoms with Crippen LogP contribution in [0, 0.1) is 5.92 Å². The zero-order valence-corrected chi connectivity index (χ0v) is 27.4. The molecule has 3 amide bonds. The number of hydrogen-bond donors (Lipinski definition) is 6. The Balaban J connectivity index is 1.41. The van der Waals surface area contributed by atoms with Crippen LogP contribution >= 0.6 is 0 Å². The summed E-state index contributed by atoms with van der Waals surface area (Å²) < 4.78 is 17.9. The van der Waals surface area contributed by atoms with Crippen LogP contribution in [0.5, 0.6) is 11.5 Å². The van der Waals surface area contributed by atoms with E-state index in [-0.39, 0.29) is 31.4 Å². The first-order valence-electron chi connectivity index (χ1n) is 15.9. The molecule has 1 spiro atoms. The van der Waals surface area contributed by atoms with Gasteiger partial charge in [0, 0.05) is 48.3 Å². The molecule has 9 N–H and O–H groups in total. The number of nitrogens with zero attached hydrogens (tertiary/aromatic N) is 1. The summed E-state index contributed by atoms with van der Waals surface area (Å²) in [5.74, 6) is -0.312. The van der Waals surface area contributed by atoms with E-state index in [1.807, 2.05) is 56.3 Å². The Morgan fingerprint density at radius 1 is 0.938 bits per heavy atom. The minimum atomic E-state index is -0.963. The molecular weight excluding hydrogens is 614 g/mol. The third-order valence-corrected chi connectivity index (χ3v) is 8.29. The van der Waals surface area contributed by atoms with Crippen molar-refractivity contribution in [3.63, 3.8) is 0 Å². The number of anilines is 2. The number of hydrogen-bond acceptors (Lipinski definition) is 8. The lowest BCUT2D eigenvalue weighted by molar-refractivity contribution is -0.132. The van der Waals surface area contributed by atoms with Gasteiger partial charge in [0.25, 0.3) is 0 Å². The summed E-state index contributed by atoms with van der Waals surface area (Å²) in [6.07, 6.45) is 1.01. The van der Waals surface area contributed by atoms with Crippen molar-refractivity contribution >= 4 is 35.1 Å². The fraction of sp³-hybridized carbons (Fsp3) is 0.371. The number of amides is 3. The second kappa shape index (κ2) is 14.7. The molecular formula is C35H43N7O6. The van der Waals surface area contributed by atoms with Crippen molar-refractivity contribution in [1.82, 2.24) is 10.6 Å². The van der Waals surface area contributed by atoms with Crippen molar-refractivity contribution in [2.24, 2.45) is 22.4 Å². The number of nitrogens with one attached hydrogen (secondary N) is 3. The summed E-state index contributed by atoms with van der Waals surface area (Å²) in [7, 11) is 1.40. The standard InChI is InChI=1S/C35H43N7O6/c1-20(2)15-28(41-31(43)19-46-3)33(45)42-27(9-6-14-39-34(37)38)32(44)40-23-11-13-26-30(17-23)48-29-16-22(36)10-12-25(29)35(26)24-8-5-4-7-21(24)18-47-35/h4-5,7-8,10-13,16-17,20,27-28H,6,9,14-15,18-19,36H2,1-3H3,(H,40,44)(H,41,43)(H,42,45)(H4,37,38,39)/t27-,28-,35?/m0/s1. The van der Waals surface area contributed by atoms with Crippen molar-refractivity contribution in [1.29, 1.82) is 0 Å². The number of carbonyl (C=O) groups excluding carboxylic acids is 3. The average molecular weight is 658 g/mol. The SMILES string of the molecule is COCC(=O)N[C@@H](CC(C)C)C(=O)N[C@@H](CCCN=C(N)N)C(=O)Nc1ccc2c(c1)Oc1cc(N)ccc1C21OCc2ccccc21. The fourth-order valence-corrected chi connectivity index (χ4v) is 6.20. The van der Waals surface area contributed by atoms with Crippen LogP contribution in [0.1, 0.15) is 55.4 Å². The van der Waals surface area contributed by atoms with Gasteiger partial charge in [-0.2, -0.15) is 0 Å². The summed E-state index contributed by atoms with van der Waals surface area (Å²) in [4.78, 5) is 43.5. The first-order chi connectivity index (χ1) is 23.0. The second-order valence-corrected chi connectivity index (χ2v) is 12.4. The van der Waals surface area contributed by atoms with Crippen LogP contribution in [0.15, 0.2) is 65.7 Å². The molecule has 13 nitrogen and oxygen atoms in total. The third kappa shape index (κ3) is 7.37. The minimum Gasteiger partial charge on any atom is -0.456 e. The molecule has 0 aliphatic carbocycles. The number of rotatable bonds is 13. The van der Waals surface area contributed by atoms with Gasteiger partial charge in [0.1, 0.15) is 30.2 Å². The van der Waals surface area contributed by atoms with Gasteiger partial charge < -0.3 is 47.4 Å². The van der Waals surface area contributed by atoms with E-state index in [4.69, 9.17) is 31.4 Å². The quantitative estimate of drug-likeness (QED) is 0.0691. The van der Waals surface area contributed by atoms with Gasteiger partial charge in [0.15, 0.2) is 11.6 Å². The lowest BCUT2D eigenvalue weighted by Gasteiger charge is -2.37. The van der Waals surface area contributed by atoms with Gasteiger partial charge in [-0.1, -0.05) is 38.1 Å². The predicted octanol–water partition coefficient (Wildman–Crippen LogP) is 2.85. The number of nitrogen functional groups attached to an aromatic ring is 1. The Hall–Kier alpha value is -5.14. The van der Waals surface area contributed by atoms with Gasteiger partial charge in [0.05, 0.1) is 6.61 Å². The summed E-state index contributed by atoms with van der Waals surface area (Å²) in [6.45, 7) is 4.36. The Morgan fingerprint density at radius 3 is 2.40 bits per heavy atom. The molecule has 2 heterocycles. The van der Waals surface area contributed by atoms with Crippen molar-refractivity contribution in [3.05, 3.63) is 82.9 Å². The highest BCUT2D eigenvalue weighted by Gasteiger charge is 2.49. The highest BCUT2D eigenvalue weighted by atomic mass is 16.5. The lowest BCUT2D eigenvalue weighted by atomic mass is 9.77. The van der Waals surface area contributed by atoms with Crippen molar-refractivity contribution in [3.8, 4) is 11.5 Å². The molecule has 0 saturated heterocycles. The largest absolute Gasteiger partial charge is 0.456 e. The fourth-order valence-electron chi connectivity index (χ4n) is 6.20. The predicted molar refractivity (Wildman–Crippen MR) is 182 cm³/mol. The molecule has 5 rings (SSSR count). The number of guanidine groups is 1. The maximum Gasteiger partial charge on any atom is 0.246 e. The van der Waals surface area contributed by atoms with Gasteiger partial charge in [-0.3, -0.25) is 19.4 Å². The number of ether oxygens (including phenoxy) is 3. The van der Waals surface area contributed by atoms with Crippen LogP contribution in [0.25, 0.3) is 0 Å². The van der Waals surface area contributed by atoms with Crippen LogP contribution < -0.4 is 37.9 Å². The molecule has 0 fully saturated rings. The summed E-state index contributed by atoms with van der Waals surface area (Å²) >= 11 is 0. The molecule has 3 aromatic carbocycles. The van der Waals surface area contributed by atoms with Gasteiger partial charge in [0.2, 0.25) is 17.7 Å². The van der Waals surface area contributed by atoms with Crippen LogP contribution in [0.4, 0.5) is 11.4 Å². The molecule has 13 heteroatoms. The average Bonchev–Trinajstić information content (AvgIpc) is 3.41. The molecule has 0 aromatic heterocycles. The molecule has 1 unspecified atom stereocenters. The first-order valence-corrected chi connectivity index (χ1v) is 15.9. The van der Waals surface area contributed by atoms with E-state index in [1.165, 1.54) is 7.11 Å². The van der Waals surface area contributed by atoms with Crippen molar-refractivity contribution in [2.45, 2.75) is 57.4 Å². The molecule has 0 saturated carbocycles. The molecule has 0 bridgehead atoms. The van der Waals surface area contributed by atoms with Gasteiger partial charge >= 0.3 is 0 Å². The third-order valence-electron chi connectivity index (χ3n) is 8.29. The number of methoxy groups -OCH3 is 1. The maximum absolute atomic E-state index is 13.8. The highest BCUT2D eigenvalue weighted by Crippen LogP contribution is 2.56. The number of fused-ring (bicyclic) bond motifs is 6. The van der Waals surface area contributed by atoms with E-state index < -0.39 is 35.4 Å². The Morgan fingerprint density at radius 2 is 1.67 bits per heavy atom. The molecule has 0 radical (unpaired) electrons. The summed E-state index contributed by atoms with van der Waals surface area (Å²) in [5.41, 5.74) is 20.9. The maximum atomic E-state index is 13.8. The minimum absolute atomic E-state index is 0.0677. The molecule has 2 aliphatic heterocycles. The van der Waals surface area contributed by atoms with E-state index >= 15 is 0 Å². The summed E-state index contributed by atoms with van der Waals surface area (Å²) in [6, 6.07) is 17.1. The molecule has 48 heavy (non-hydrogen) atoms. The lowest BCUT2D eigenvalue weighted by Crippen LogP contribution is -2.53. The van der Waals surface area contributed by atoms with Crippen molar-refractivity contribution in [2.75, 3.05) is 31.3 Å². The monoisotopic (exact) mass is 657 g/mol. The molecule has 254 valence electrons. The van der Waals surface area contributed by atoms with Gasteiger partial charge in [-0.25, -0.2) is 0 Å². The van der Waals surface area contributed by atoms with E-state index in [0.29, 0.717) is 42.3 Å². The van der Waals surface area contributed by atoms with E-state index in [0.717, 1.165) is 22.3 Å². The van der Waals surface area contributed by atoms with Gasteiger partial charge in [-0.05, 0) is 60.6 Å². The van der Waals surface area contributed by atoms with E-state index in [1.54, 1.807) is 18.2 Å². The Kier molecular flexibility index (Phi) is 10.5. The number of nitrogens with two attached hydrogens (primary N) is 3. The second-order valence-electron chi connectivity index (χ2n) is 12.4. The normalized spacial score (nSPS) is 16.9. The number of benzene rings is 3. The topological polar surface area (TPSA) is 205 Å². The zero-order chi connectivity index (χ0) is 34.4. The molecule has 3 aromatic rings. The molecule has 3 atom stereocenters.